The van der Waals surface area contributed by atoms with Crippen LogP contribution in [0.2, 0.25) is 0 Å². The molecule has 1 fully saturated rings. The smallest absolute Gasteiger partial charge is 0.486 e. The fourth-order valence-electron chi connectivity index (χ4n) is 3.35. The van der Waals surface area contributed by atoms with Crippen molar-refractivity contribution in [3.8, 4) is 11.5 Å². The van der Waals surface area contributed by atoms with Crippen molar-refractivity contribution in [2.24, 2.45) is 0 Å². The molecule has 3 aromatic rings. The molecular formula is C22H17F4N3O4S. The molecule has 34 heavy (non-hydrogen) atoms. The summed E-state index contributed by atoms with van der Waals surface area (Å²) in [6.45, 7) is 1.50. The van der Waals surface area contributed by atoms with E-state index in [4.69, 9.17) is 4.74 Å². The van der Waals surface area contributed by atoms with Gasteiger partial charge in [-0.1, -0.05) is 12.1 Å². The zero-order valence-corrected chi connectivity index (χ0v) is 18.4. The Labute approximate surface area is 194 Å². The van der Waals surface area contributed by atoms with Crippen LogP contribution in [0.15, 0.2) is 53.9 Å². The standard InChI is InChI=1S/C22H17F4N3O4S/c1-21(13-2-6-17(7-3-13)33-22(24,25)26)19(30)29(20(31)28-21)10-15-12-34-18(27-15)11-32-16-8-4-14(23)5-9-16/h2-9,12H,10-11H2,1H3,(H,28,31). The van der Waals surface area contributed by atoms with Crippen LogP contribution in [0.25, 0.3) is 0 Å². The molecule has 1 N–H and O–H groups in total. The van der Waals surface area contributed by atoms with Crippen LogP contribution in [0.1, 0.15) is 23.2 Å². The topological polar surface area (TPSA) is 80.8 Å². The summed E-state index contributed by atoms with van der Waals surface area (Å²) >= 11 is 1.27. The number of benzene rings is 2. The number of rotatable bonds is 7. The first kappa shape index (κ1) is 23.5. The minimum Gasteiger partial charge on any atom is -0.486 e. The third-order valence-corrected chi connectivity index (χ3v) is 5.91. The number of halogens is 4. The second kappa shape index (κ2) is 8.93. The number of urea groups is 1. The van der Waals surface area contributed by atoms with Crippen LogP contribution in [0, 0.1) is 5.82 Å². The third kappa shape index (κ3) is 5.11. The molecular weight excluding hydrogens is 478 g/mol. The Morgan fingerprint density at radius 3 is 2.35 bits per heavy atom. The number of nitrogens with one attached hydrogen (secondary N) is 1. The molecule has 4 rings (SSSR count). The molecule has 12 heteroatoms. The van der Waals surface area contributed by atoms with Gasteiger partial charge in [-0.3, -0.25) is 9.69 Å². The average molecular weight is 495 g/mol. The van der Waals surface area contributed by atoms with Gasteiger partial charge in [-0.15, -0.1) is 24.5 Å². The minimum atomic E-state index is -4.84. The molecule has 7 nitrogen and oxygen atoms in total. The summed E-state index contributed by atoms with van der Waals surface area (Å²) < 4.78 is 59.5. The second-order valence-electron chi connectivity index (χ2n) is 7.49. The first-order valence-electron chi connectivity index (χ1n) is 9.85. The number of imide groups is 1. The Morgan fingerprint density at radius 1 is 1.06 bits per heavy atom. The van der Waals surface area contributed by atoms with Crippen LogP contribution in [0.3, 0.4) is 0 Å². The molecule has 3 amide bonds. The molecule has 1 aliphatic rings. The fraction of sp³-hybridized carbons (Fsp3) is 0.227. The third-order valence-electron chi connectivity index (χ3n) is 5.04. The van der Waals surface area contributed by atoms with Crippen molar-refractivity contribution in [3.05, 3.63) is 76.0 Å². The molecule has 2 heterocycles. The van der Waals surface area contributed by atoms with Gasteiger partial charge < -0.3 is 14.8 Å². The largest absolute Gasteiger partial charge is 0.573 e. The number of hydrogen-bond donors (Lipinski definition) is 1. The second-order valence-corrected chi connectivity index (χ2v) is 8.44. The predicted molar refractivity (Wildman–Crippen MR) is 112 cm³/mol. The van der Waals surface area contributed by atoms with Crippen LogP contribution >= 0.6 is 11.3 Å². The maximum absolute atomic E-state index is 13.1. The number of hydrogen-bond acceptors (Lipinski definition) is 6. The predicted octanol–water partition coefficient (Wildman–Crippen LogP) is 4.73. The maximum Gasteiger partial charge on any atom is 0.573 e. The van der Waals surface area contributed by atoms with Crippen LogP contribution in [-0.2, 0) is 23.5 Å². The highest BCUT2D eigenvalue weighted by atomic mass is 32.1. The van der Waals surface area contributed by atoms with Crippen LogP contribution in [-0.4, -0.2) is 28.2 Å². The molecule has 2 aromatic carbocycles. The lowest BCUT2D eigenvalue weighted by Gasteiger charge is -2.22. The van der Waals surface area contributed by atoms with E-state index in [0.717, 1.165) is 17.0 Å². The SMILES string of the molecule is CC1(c2ccc(OC(F)(F)F)cc2)NC(=O)N(Cc2csc(COc3ccc(F)cc3)n2)C1=O. The number of alkyl halides is 3. The number of carbonyl (C=O) groups excluding carboxylic acids is 2. The first-order valence-corrected chi connectivity index (χ1v) is 10.7. The van der Waals surface area contributed by atoms with Crippen LogP contribution in [0.5, 0.6) is 11.5 Å². The van der Waals surface area contributed by atoms with Gasteiger partial charge in [0.25, 0.3) is 5.91 Å². The summed E-state index contributed by atoms with van der Waals surface area (Å²) in [4.78, 5) is 30.9. The van der Waals surface area contributed by atoms with Gasteiger partial charge in [0, 0.05) is 5.38 Å². The summed E-state index contributed by atoms with van der Waals surface area (Å²) in [6, 6.07) is 9.59. The van der Waals surface area contributed by atoms with E-state index < -0.39 is 29.6 Å². The zero-order valence-electron chi connectivity index (χ0n) is 17.6. The molecule has 0 aliphatic carbocycles. The van der Waals surface area contributed by atoms with E-state index in [9.17, 15) is 27.2 Å². The number of amides is 3. The van der Waals surface area contributed by atoms with Gasteiger partial charge in [0.2, 0.25) is 0 Å². The minimum absolute atomic E-state index is 0.0947. The monoisotopic (exact) mass is 495 g/mol. The van der Waals surface area contributed by atoms with Crippen molar-refractivity contribution in [1.29, 1.82) is 0 Å². The molecule has 0 radical (unpaired) electrons. The summed E-state index contributed by atoms with van der Waals surface area (Å²) in [6.07, 6.45) is -4.84. The summed E-state index contributed by atoms with van der Waals surface area (Å²) in [5.41, 5.74) is -0.697. The van der Waals surface area contributed by atoms with E-state index in [1.807, 2.05) is 0 Å². The van der Waals surface area contributed by atoms with Crippen molar-refractivity contribution >= 4 is 23.3 Å². The highest BCUT2D eigenvalue weighted by Gasteiger charge is 2.49. The molecule has 1 aromatic heterocycles. The van der Waals surface area contributed by atoms with Gasteiger partial charge in [-0.25, -0.2) is 14.2 Å². The first-order chi connectivity index (χ1) is 16.0. The van der Waals surface area contributed by atoms with Gasteiger partial charge >= 0.3 is 12.4 Å². The number of thiazole rings is 1. The zero-order chi connectivity index (χ0) is 24.5. The Kier molecular flexibility index (Phi) is 6.17. The van der Waals surface area contributed by atoms with Crippen molar-refractivity contribution in [1.82, 2.24) is 15.2 Å². The molecule has 0 bridgehead atoms. The molecule has 1 aliphatic heterocycles. The Hall–Kier alpha value is -3.67. The summed E-state index contributed by atoms with van der Waals surface area (Å²) in [7, 11) is 0. The fourth-order valence-corrected chi connectivity index (χ4v) is 4.05. The van der Waals surface area contributed by atoms with E-state index in [1.165, 1.54) is 54.7 Å². The lowest BCUT2D eigenvalue weighted by Crippen LogP contribution is -2.40. The molecule has 1 atom stereocenters. The average Bonchev–Trinajstić information content (AvgIpc) is 3.31. The molecule has 1 saturated heterocycles. The number of carbonyl (C=O) groups is 2. The Morgan fingerprint density at radius 2 is 1.71 bits per heavy atom. The molecule has 1 unspecified atom stereocenters. The molecule has 178 valence electrons. The van der Waals surface area contributed by atoms with Gasteiger partial charge in [0.15, 0.2) is 0 Å². The van der Waals surface area contributed by atoms with Crippen molar-refractivity contribution < 1.29 is 36.6 Å². The van der Waals surface area contributed by atoms with Crippen LogP contribution in [0.4, 0.5) is 22.4 Å². The van der Waals surface area contributed by atoms with Gasteiger partial charge in [0.05, 0.1) is 12.2 Å². The Bertz CT molecular complexity index is 1200. The highest BCUT2D eigenvalue weighted by molar-refractivity contribution is 7.09. The number of ether oxygens (including phenoxy) is 2. The lowest BCUT2D eigenvalue weighted by molar-refractivity contribution is -0.274. The van der Waals surface area contributed by atoms with Gasteiger partial charge in [-0.2, -0.15) is 0 Å². The van der Waals surface area contributed by atoms with E-state index in [1.54, 1.807) is 5.38 Å². The van der Waals surface area contributed by atoms with E-state index in [-0.39, 0.29) is 19.0 Å². The van der Waals surface area contributed by atoms with E-state index >= 15 is 0 Å². The van der Waals surface area contributed by atoms with Crippen LogP contribution < -0.4 is 14.8 Å². The van der Waals surface area contributed by atoms with E-state index in [2.05, 4.69) is 15.0 Å². The number of nitrogens with zero attached hydrogens (tertiary/aromatic N) is 2. The van der Waals surface area contributed by atoms with Gasteiger partial charge in [-0.05, 0) is 48.9 Å². The molecule has 0 saturated carbocycles. The van der Waals surface area contributed by atoms with Gasteiger partial charge in [0.1, 0.15) is 34.5 Å². The normalized spacial score (nSPS) is 18.2. The quantitative estimate of drug-likeness (QED) is 0.379. The van der Waals surface area contributed by atoms with Crippen molar-refractivity contribution in [3.63, 3.8) is 0 Å². The number of aromatic nitrogens is 1. The summed E-state index contributed by atoms with van der Waals surface area (Å²) in [5, 5.41) is 4.86. The summed E-state index contributed by atoms with van der Waals surface area (Å²) in [5.74, 6) is -0.921. The van der Waals surface area contributed by atoms with Crippen molar-refractivity contribution in [2.45, 2.75) is 32.0 Å². The highest BCUT2D eigenvalue weighted by Crippen LogP contribution is 2.32. The lowest BCUT2D eigenvalue weighted by atomic mass is 9.92. The van der Waals surface area contributed by atoms with Crippen molar-refractivity contribution in [2.75, 3.05) is 0 Å². The molecule has 0 spiro atoms. The Balaban J connectivity index is 1.41. The maximum atomic E-state index is 13.1. The van der Waals surface area contributed by atoms with E-state index in [0.29, 0.717) is 22.0 Å².